The summed E-state index contributed by atoms with van der Waals surface area (Å²) in [5.41, 5.74) is 6.63. The third-order valence-corrected chi connectivity index (χ3v) is 3.50. The summed E-state index contributed by atoms with van der Waals surface area (Å²) in [5.74, 6) is 1.22. The molecule has 0 atom stereocenters. The molecule has 0 heterocycles. The average Bonchev–Trinajstić information content (AvgIpc) is 3.29. The molecule has 1 aromatic carbocycles. The summed E-state index contributed by atoms with van der Waals surface area (Å²) in [6.45, 7) is 0.616. The molecule has 1 fully saturated rings. The molecule has 0 aromatic heterocycles. The molecule has 5 nitrogen and oxygen atoms in total. The number of likely N-dealkylation sites (N-methyl/N-ethyl adjacent to an activating group) is 1. The molecule has 0 bridgehead atoms. The summed E-state index contributed by atoms with van der Waals surface area (Å²) >= 11 is 0. The standard InChI is InChI=1S/C15H22N2O3/c1-17(12-4-5-12)15(18)10-20-14-9-11(7-8-16)3-6-13(14)19-2/h3,6,9,12H,4-5,7-8,10,16H2,1-2H3. The van der Waals surface area contributed by atoms with Crippen LogP contribution in [-0.2, 0) is 11.2 Å². The van der Waals surface area contributed by atoms with Crippen molar-refractivity contribution in [1.82, 2.24) is 4.90 Å². The SMILES string of the molecule is COc1ccc(CCN)cc1OCC(=O)N(C)C1CC1. The van der Waals surface area contributed by atoms with Crippen LogP contribution in [0.15, 0.2) is 18.2 Å². The van der Waals surface area contributed by atoms with Gasteiger partial charge in [0.1, 0.15) is 0 Å². The van der Waals surface area contributed by atoms with E-state index in [2.05, 4.69) is 0 Å². The van der Waals surface area contributed by atoms with E-state index >= 15 is 0 Å². The fourth-order valence-corrected chi connectivity index (χ4v) is 2.06. The number of amides is 1. The van der Waals surface area contributed by atoms with Crippen molar-refractivity contribution in [2.45, 2.75) is 25.3 Å². The largest absolute Gasteiger partial charge is 0.493 e. The third kappa shape index (κ3) is 3.63. The summed E-state index contributed by atoms with van der Waals surface area (Å²) in [6.07, 6.45) is 2.96. The zero-order chi connectivity index (χ0) is 14.5. The van der Waals surface area contributed by atoms with Gasteiger partial charge in [-0.15, -0.1) is 0 Å². The molecule has 0 unspecified atom stereocenters. The molecule has 20 heavy (non-hydrogen) atoms. The second kappa shape index (κ2) is 6.61. The van der Waals surface area contributed by atoms with E-state index in [9.17, 15) is 4.79 Å². The third-order valence-electron chi connectivity index (χ3n) is 3.50. The number of hydrogen-bond donors (Lipinski definition) is 1. The molecule has 0 saturated heterocycles. The molecule has 2 rings (SSSR count). The van der Waals surface area contributed by atoms with E-state index in [0.29, 0.717) is 24.1 Å². The Morgan fingerprint density at radius 3 is 2.75 bits per heavy atom. The number of benzene rings is 1. The van der Waals surface area contributed by atoms with Crippen LogP contribution < -0.4 is 15.2 Å². The number of carbonyl (C=O) groups is 1. The van der Waals surface area contributed by atoms with Crippen molar-refractivity contribution < 1.29 is 14.3 Å². The summed E-state index contributed by atoms with van der Waals surface area (Å²) in [7, 11) is 3.41. The van der Waals surface area contributed by atoms with Gasteiger partial charge in [-0.05, 0) is 43.5 Å². The Kier molecular flexibility index (Phi) is 4.84. The number of nitrogens with two attached hydrogens (primary N) is 1. The van der Waals surface area contributed by atoms with Crippen molar-refractivity contribution in [3.63, 3.8) is 0 Å². The highest BCUT2D eigenvalue weighted by Gasteiger charge is 2.29. The van der Waals surface area contributed by atoms with Crippen LogP contribution in [0.1, 0.15) is 18.4 Å². The van der Waals surface area contributed by atoms with Gasteiger partial charge >= 0.3 is 0 Å². The lowest BCUT2D eigenvalue weighted by Gasteiger charge is -2.17. The lowest BCUT2D eigenvalue weighted by molar-refractivity contribution is -0.132. The Morgan fingerprint density at radius 2 is 2.15 bits per heavy atom. The molecular weight excluding hydrogens is 256 g/mol. The minimum atomic E-state index is -0.00113. The molecule has 5 heteroatoms. The van der Waals surface area contributed by atoms with Gasteiger partial charge in [0.05, 0.1) is 7.11 Å². The van der Waals surface area contributed by atoms with Crippen molar-refractivity contribution >= 4 is 5.91 Å². The molecular formula is C15H22N2O3. The lowest BCUT2D eigenvalue weighted by atomic mass is 10.1. The van der Waals surface area contributed by atoms with E-state index in [-0.39, 0.29) is 12.5 Å². The van der Waals surface area contributed by atoms with E-state index < -0.39 is 0 Å². The Hall–Kier alpha value is -1.75. The van der Waals surface area contributed by atoms with Gasteiger partial charge < -0.3 is 20.1 Å². The van der Waals surface area contributed by atoms with Crippen molar-refractivity contribution in [1.29, 1.82) is 0 Å². The maximum absolute atomic E-state index is 11.9. The zero-order valence-corrected chi connectivity index (χ0v) is 12.1. The average molecular weight is 278 g/mol. The first kappa shape index (κ1) is 14.7. The van der Waals surface area contributed by atoms with Crippen molar-refractivity contribution in [3.05, 3.63) is 23.8 Å². The van der Waals surface area contributed by atoms with Crippen LogP contribution in [0.4, 0.5) is 0 Å². The highest BCUT2D eigenvalue weighted by Crippen LogP contribution is 2.29. The van der Waals surface area contributed by atoms with Gasteiger partial charge in [-0.25, -0.2) is 0 Å². The minimum absolute atomic E-state index is 0.00113. The predicted molar refractivity (Wildman–Crippen MR) is 77.0 cm³/mol. The van der Waals surface area contributed by atoms with Crippen molar-refractivity contribution in [2.24, 2.45) is 5.73 Å². The maximum atomic E-state index is 11.9. The summed E-state index contributed by atoms with van der Waals surface area (Å²) < 4.78 is 10.9. The van der Waals surface area contributed by atoms with Gasteiger partial charge in [-0.2, -0.15) is 0 Å². The van der Waals surface area contributed by atoms with Gasteiger partial charge in [-0.1, -0.05) is 6.07 Å². The highest BCUT2D eigenvalue weighted by molar-refractivity contribution is 5.78. The Labute approximate surface area is 119 Å². The number of nitrogens with zero attached hydrogens (tertiary/aromatic N) is 1. The fourth-order valence-electron chi connectivity index (χ4n) is 2.06. The Balaban J connectivity index is 1.99. The van der Waals surface area contributed by atoms with E-state index in [0.717, 1.165) is 24.8 Å². The first-order valence-electron chi connectivity index (χ1n) is 6.91. The molecule has 1 aliphatic rings. The molecule has 0 radical (unpaired) electrons. The van der Waals surface area contributed by atoms with E-state index in [1.165, 1.54) is 0 Å². The summed E-state index contributed by atoms with van der Waals surface area (Å²) in [5, 5.41) is 0. The van der Waals surface area contributed by atoms with Crippen LogP contribution in [0.5, 0.6) is 11.5 Å². The monoisotopic (exact) mass is 278 g/mol. The van der Waals surface area contributed by atoms with E-state index in [4.69, 9.17) is 15.2 Å². The van der Waals surface area contributed by atoms with Crippen molar-refractivity contribution in [3.8, 4) is 11.5 Å². The number of methoxy groups -OCH3 is 1. The molecule has 1 amide bonds. The number of hydrogen-bond acceptors (Lipinski definition) is 4. The number of ether oxygens (including phenoxy) is 2. The second-order valence-corrected chi connectivity index (χ2v) is 5.05. The predicted octanol–water partition coefficient (Wildman–Crippen LogP) is 1.20. The van der Waals surface area contributed by atoms with E-state index in [1.54, 1.807) is 12.0 Å². The normalized spacial score (nSPS) is 13.9. The van der Waals surface area contributed by atoms with Crippen LogP contribution in [0.3, 0.4) is 0 Å². The number of rotatable bonds is 7. The second-order valence-electron chi connectivity index (χ2n) is 5.05. The van der Waals surface area contributed by atoms with Crippen molar-refractivity contribution in [2.75, 3.05) is 27.3 Å². The van der Waals surface area contributed by atoms with Crippen LogP contribution in [0.2, 0.25) is 0 Å². The molecule has 0 aliphatic heterocycles. The van der Waals surface area contributed by atoms with Crippen LogP contribution in [0.25, 0.3) is 0 Å². The molecule has 1 aromatic rings. The Morgan fingerprint density at radius 1 is 1.40 bits per heavy atom. The first-order valence-corrected chi connectivity index (χ1v) is 6.91. The van der Waals surface area contributed by atoms with Crippen LogP contribution in [0, 0.1) is 0 Å². The van der Waals surface area contributed by atoms with Gasteiger partial charge in [0, 0.05) is 13.1 Å². The van der Waals surface area contributed by atoms with Crippen LogP contribution >= 0.6 is 0 Å². The molecule has 2 N–H and O–H groups in total. The smallest absolute Gasteiger partial charge is 0.260 e. The lowest BCUT2D eigenvalue weighted by Crippen LogP contribution is -2.33. The van der Waals surface area contributed by atoms with E-state index in [1.807, 2.05) is 25.2 Å². The molecule has 1 aliphatic carbocycles. The molecule has 110 valence electrons. The Bertz CT molecular complexity index is 472. The fraction of sp³-hybridized carbons (Fsp3) is 0.533. The van der Waals surface area contributed by atoms with Gasteiger partial charge in [0.15, 0.2) is 18.1 Å². The number of carbonyl (C=O) groups excluding carboxylic acids is 1. The summed E-state index contributed by atoms with van der Waals surface area (Å²) in [4.78, 5) is 13.7. The zero-order valence-electron chi connectivity index (χ0n) is 12.1. The van der Waals surface area contributed by atoms with Gasteiger partial charge in [-0.3, -0.25) is 4.79 Å². The highest BCUT2D eigenvalue weighted by atomic mass is 16.5. The quantitative estimate of drug-likeness (QED) is 0.814. The first-order chi connectivity index (χ1) is 9.65. The molecule has 1 saturated carbocycles. The topological polar surface area (TPSA) is 64.8 Å². The molecule has 0 spiro atoms. The van der Waals surface area contributed by atoms with Gasteiger partial charge in [0.25, 0.3) is 5.91 Å². The van der Waals surface area contributed by atoms with Gasteiger partial charge in [0.2, 0.25) is 0 Å². The minimum Gasteiger partial charge on any atom is -0.493 e. The maximum Gasteiger partial charge on any atom is 0.260 e. The van der Waals surface area contributed by atoms with Crippen LogP contribution in [-0.4, -0.2) is 44.2 Å². The summed E-state index contributed by atoms with van der Waals surface area (Å²) in [6, 6.07) is 6.08.